The van der Waals surface area contributed by atoms with Gasteiger partial charge in [-0.3, -0.25) is 4.79 Å². The highest BCUT2D eigenvalue weighted by Gasteiger charge is 2.31. The Kier molecular flexibility index (Phi) is 3.27. The van der Waals surface area contributed by atoms with Gasteiger partial charge in [0.05, 0.1) is 6.42 Å². The van der Waals surface area contributed by atoms with Crippen LogP contribution in [0.3, 0.4) is 0 Å². The molecule has 0 spiro atoms. The molecule has 0 saturated heterocycles. The van der Waals surface area contributed by atoms with Gasteiger partial charge < -0.3 is 4.74 Å². The first-order valence-electron chi connectivity index (χ1n) is 6.63. The fourth-order valence-electron chi connectivity index (χ4n) is 2.86. The number of ether oxygens (including phenoxy) is 1. The minimum absolute atomic E-state index is 0.0190. The molecule has 0 aromatic heterocycles. The molecular formula is C17H15ClO2. The Bertz CT molecular complexity index is 677. The molecule has 20 heavy (non-hydrogen) atoms. The van der Waals surface area contributed by atoms with Crippen LogP contribution in [-0.2, 0) is 4.79 Å². The second kappa shape index (κ2) is 4.95. The third-order valence-corrected chi connectivity index (χ3v) is 4.42. The second-order valence-electron chi connectivity index (χ2n) is 5.19. The van der Waals surface area contributed by atoms with E-state index in [2.05, 4.69) is 0 Å². The number of halogens is 1. The van der Waals surface area contributed by atoms with Gasteiger partial charge in [-0.1, -0.05) is 41.9 Å². The van der Waals surface area contributed by atoms with Crippen LogP contribution >= 0.6 is 11.6 Å². The van der Waals surface area contributed by atoms with Crippen molar-refractivity contribution in [2.24, 2.45) is 0 Å². The monoisotopic (exact) mass is 286 g/mol. The molecule has 0 saturated carbocycles. The van der Waals surface area contributed by atoms with E-state index in [1.807, 2.05) is 50.2 Å². The molecule has 1 atom stereocenters. The molecule has 2 nitrogen and oxygen atoms in total. The van der Waals surface area contributed by atoms with Crippen LogP contribution in [0.4, 0.5) is 0 Å². The summed E-state index contributed by atoms with van der Waals surface area (Å²) in [4.78, 5) is 11.9. The van der Waals surface area contributed by atoms with E-state index in [1.54, 1.807) is 0 Å². The smallest absolute Gasteiger partial charge is 0.312 e. The third kappa shape index (κ3) is 2.10. The minimum Gasteiger partial charge on any atom is -0.426 e. The van der Waals surface area contributed by atoms with Crippen molar-refractivity contribution in [1.82, 2.24) is 0 Å². The van der Waals surface area contributed by atoms with Gasteiger partial charge in [-0.25, -0.2) is 0 Å². The zero-order valence-electron chi connectivity index (χ0n) is 11.4. The van der Waals surface area contributed by atoms with E-state index < -0.39 is 0 Å². The number of carbonyl (C=O) groups excluding carboxylic acids is 1. The zero-order valence-corrected chi connectivity index (χ0v) is 12.2. The van der Waals surface area contributed by atoms with Crippen LogP contribution in [0.15, 0.2) is 36.4 Å². The summed E-state index contributed by atoms with van der Waals surface area (Å²) in [5.74, 6) is 0.479. The molecule has 0 N–H and O–H groups in total. The van der Waals surface area contributed by atoms with Crippen LogP contribution in [0, 0.1) is 13.8 Å². The first-order chi connectivity index (χ1) is 9.58. The average Bonchev–Trinajstić information content (AvgIpc) is 2.45. The van der Waals surface area contributed by atoms with Crippen LogP contribution in [-0.4, -0.2) is 5.97 Å². The number of hydrogen-bond donors (Lipinski definition) is 0. The van der Waals surface area contributed by atoms with Crippen molar-refractivity contribution < 1.29 is 9.53 Å². The molecule has 0 fully saturated rings. The number of benzene rings is 2. The standard InChI is InChI=1S/C17H15ClO2/c1-10-8-14-16(11(2)17(10)18)13(9-15(19)20-14)12-6-4-3-5-7-12/h3-8,13H,9H2,1-2H3. The fraction of sp³-hybridized carbons (Fsp3) is 0.235. The van der Waals surface area contributed by atoms with Gasteiger partial charge in [-0.2, -0.15) is 0 Å². The normalized spacial score (nSPS) is 17.6. The molecule has 2 aromatic carbocycles. The Balaban J connectivity index is 2.22. The largest absolute Gasteiger partial charge is 0.426 e. The number of aryl methyl sites for hydroxylation is 1. The number of fused-ring (bicyclic) bond motifs is 1. The van der Waals surface area contributed by atoms with E-state index in [1.165, 1.54) is 0 Å². The molecule has 2 aromatic rings. The zero-order chi connectivity index (χ0) is 14.3. The number of carbonyl (C=O) groups is 1. The highest BCUT2D eigenvalue weighted by atomic mass is 35.5. The van der Waals surface area contributed by atoms with Crippen molar-refractivity contribution >= 4 is 17.6 Å². The van der Waals surface area contributed by atoms with Crippen molar-refractivity contribution in [2.45, 2.75) is 26.2 Å². The Morgan fingerprint density at radius 3 is 2.60 bits per heavy atom. The summed E-state index contributed by atoms with van der Waals surface area (Å²) >= 11 is 6.36. The molecule has 1 aliphatic heterocycles. The summed E-state index contributed by atoms with van der Waals surface area (Å²) in [5, 5.41) is 0.752. The molecular weight excluding hydrogens is 272 g/mol. The Morgan fingerprint density at radius 2 is 1.90 bits per heavy atom. The van der Waals surface area contributed by atoms with Crippen molar-refractivity contribution in [3.8, 4) is 5.75 Å². The SMILES string of the molecule is Cc1cc2c(c(C)c1Cl)C(c1ccccc1)CC(=O)O2. The predicted molar refractivity (Wildman–Crippen MR) is 79.5 cm³/mol. The van der Waals surface area contributed by atoms with E-state index in [-0.39, 0.29) is 11.9 Å². The Hall–Kier alpha value is -1.80. The molecule has 0 aliphatic carbocycles. The number of rotatable bonds is 1. The van der Waals surface area contributed by atoms with Gasteiger partial charge >= 0.3 is 5.97 Å². The fourth-order valence-corrected chi connectivity index (χ4v) is 3.01. The third-order valence-electron chi connectivity index (χ3n) is 3.84. The van der Waals surface area contributed by atoms with Crippen LogP contribution in [0.25, 0.3) is 0 Å². The number of esters is 1. The van der Waals surface area contributed by atoms with Gasteiger partial charge in [-0.15, -0.1) is 0 Å². The van der Waals surface area contributed by atoms with Gasteiger partial charge in [0.1, 0.15) is 5.75 Å². The molecule has 102 valence electrons. The molecule has 1 unspecified atom stereocenters. The van der Waals surface area contributed by atoms with Crippen molar-refractivity contribution in [3.05, 3.63) is 63.7 Å². The lowest BCUT2D eigenvalue weighted by Gasteiger charge is -2.27. The molecule has 1 heterocycles. The van der Waals surface area contributed by atoms with E-state index in [0.717, 1.165) is 27.3 Å². The van der Waals surface area contributed by atoms with Crippen LogP contribution in [0.2, 0.25) is 5.02 Å². The molecule has 0 radical (unpaired) electrons. The summed E-state index contributed by atoms with van der Waals surface area (Å²) < 4.78 is 5.40. The topological polar surface area (TPSA) is 26.3 Å². The molecule has 3 rings (SSSR count). The van der Waals surface area contributed by atoms with E-state index in [4.69, 9.17) is 16.3 Å². The van der Waals surface area contributed by atoms with Crippen molar-refractivity contribution in [2.75, 3.05) is 0 Å². The molecule has 0 bridgehead atoms. The highest BCUT2D eigenvalue weighted by Crippen LogP contribution is 2.43. The Labute approximate surface area is 123 Å². The van der Waals surface area contributed by atoms with Gasteiger partial charge in [-0.05, 0) is 36.6 Å². The highest BCUT2D eigenvalue weighted by molar-refractivity contribution is 6.32. The number of hydrogen-bond acceptors (Lipinski definition) is 2. The summed E-state index contributed by atoms with van der Waals surface area (Å²) in [6, 6.07) is 11.9. The van der Waals surface area contributed by atoms with E-state index in [0.29, 0.717) is 12.2 Å². The first-order valence-corrected chi connectivity index (χ1v) is 7.01. The summed E-state index contributed by atoms with van der Waals surface area (Å²) in [6.07, 6.45) is 0.358. The van der Waals surface area contributed by atoms with Crippen LogP contribution < -0.4 is 4.74 Å². The first kappa shape index (κ1) is 13.2. The van der Waals surface area contributed by atoms with Crippen molar-refractivity contribution in [3.63, 3.8) is 0 Å². The molecule has 0 amide bonds. The average molecular weight is 287 g/mol. The summed E-state index contributed by atoms with van der Waals surface area (Å²) in [6.45, 7) is 3.92. The quantitative estimate of drug-likeness (QED) is 0.574. The molecule has 3 heteroatoms. The summed E-state index contributed by atoms with van der Waals surface area (Å²) in [7, 11) is 0. The second-order valence-corrected chi connectivity index (χ2v) is 5.56. The molecule has 1 aliphatic rings. The van der Waals surface area contributed by atoms with Crippen LogP contribution in [0.5, 0.6) is 5.75 Å². The predicted octanol–water partition coefficient (Wildman–Crippen LogP) is 4.40. The summed E-state index contributed by atoms with van der Waals surface area (Å²) in [5.41, 5.74) is 4.09. The maximum Gasteiger partial charge on any atom is 0.312 e. The lowest BCUT2D eigenvalue weighted by Crippen LogP contribution is -2.22. The minimum atomic E-state index is -0.188. The van der Waals surface area contributed by atoms with Crippen molar-refractivity contribution in [1.29, 1.82) is 0 Å². The van der Waals surface area contributed by atoms with Gasteiger partial charge in [0, 0.05) is 16.5 Å². The van der Waals surface area contributed by atoms with Gasteiger partial charge in [0.15, 0.2) is 0 Å². The lowest BCUT2D eigenvalue weighted by molar-refractivity contribution is -0.135. The van der Waals surface area contributed by atoms with Crippen LogP contribution in [0.1, 0.15) is 34.6 Å². The maximum atomic E-state index is 11.9. The maximum absolute atomic E-state index is 11.9. The van der Waals surface area contributed by atoms with E-state index in [9.17, 15) is 4.79 Å². The Morgan fingerprint density at radius 1 is 1.20 bits per heavy atom. The van der Waals surface area contributed by atoms with Gasteiger partial charge in [0.2, 0.25) is 0 Å². The van der Waals surface area contributed by atoms with E-state index >= 15 is 0 Å². The van der Waals surface area contributed by atoms with Gasteiger partial charge in [0.25, 0.3) is 0 Å². The lowest BCUT2D eigenvalue weighted by atomic mass is 9.83.